The molecule has 0 amide bonds. The van der Waals surface area contributed by atoms with Gasteiger partial charge in [0.15, 0.2) is 4.88 Å². The molecular formula is C14H12BrFO3S. The van der Waals surface area contributed by atoms with E-state index >= 15 is 0 Å². The van der Waals surface area contributed by atoms with E-state index in [1.165, 1.54) is 17.4 Å². The molecule has 1 aromatic carbocycles. The van der Waals surface area contributed by atoms with Gasteiger partial charge in [0.05, 0.1) is 4.47 Å². The van der Waals surface area contributed by atoms with Gasteiger partial charge < -0.3 is 9.84 Å². The average Bonchev–Trinajstić information content (AvgIpc) is 2.84. The van der Waals surface area contributed by atoms with Gasteiger partial charge >= 0.3 is 5.97 Å². The van der Waals surface area contributed by atoms with Gasteiger partial charge in [-0.15, -0.1) is 11.3 Å². The first-order valence-electron chi connectivity index (χ1n) is 5.94. The van der Waals surface area contributed by atoms with Gasteiger partial charge in [0.25, 0.3) is 0 Å². The van der Waals surface area contributed by atoms with Crippen LogP contribution >= 0.6 is 27.3 Å². The second-order valence-corrected chi connectivity index (χ2v) is 6.09. The number of rotatable bonds is 5. The molecule has 0 saturated heterocycles. The number of thiophene rings is 1. The number of carboxylic acid groups (broad SMARTS) is 1. The van der Waals surface area contributed by atoms with Crippen LogP contribution in [0.25, 0.3) is 0 Å². The highest BCUT2D eigenvalue weighted by atomic mass is 79.9. The molecule has 2 rings (SSSR count). The first-order valence-corrected chi connectivity index (χ1v) is 7.55. The number of halogens is 2. The molecule has 0 aliphatic heterocycles. The summed E-state index contributed by atoms with van der Waals surface area (Å²) in [5.74, 6) is -0.978. The van der Waals surface area contributed by atoms with Gasteiger partial charge in [-0.1, -0.05) is 13.0 Å². The predicted molar refractivity (Wildman–Crippen MR) is 79.1 cm³/mol. The maximum atomic E-state index is 13.1. The highest BCUT2D eigenvalue weighted by molar-refractivity contribution is 9.10. The summed E-state index contributed by atoms with van der Waals surface area (Å²) < 4.78 is 19.0. The quantitative estimate of drug-likeness (QED) is 0.856. The zero-order valence-corrected chi connectivity index (χ0v) is 13.1. The second kappa shape index (κ2) is 6.37. The number of hydrogen-bond acceptors (Lipinski definition) is 3. The molecule has 0 aliphatic carbocycles. The molecule has 0 atom stereocenters. The molecule has 3 nitrogen and oxygen atoms in total. The van der Waals surface area contributed by atoms with Gasteiger partial charge in [0, 0.05) is 4.88 Å². The van der Waals surface area contributed by atoms with Gasteiger partial charge in [-0.2, -0.15) is 0 Å². The SMILES string of the molecule is CCc1cc(OCc2ccc(F)c(Br)c2)c(C(=O)O)s1. The fourth-order valence-electron chi connectivity index (χ4n) is 1.64. The smallest absolute Gasteiger partial charge is 0.349 e. The van der Waals surface area contributed by atoms with Gasteiger partial charge in [-0.25, -0.2) is 9.18 Å². The van der Waals surface area contributed by atoms with Crippen molar-refractivity contribution in [1.29, 1.82) is 0 Å². The van der Waals surface area contributed by atoms with E-state index in [-0.39, 0.29) is 17.3 Å². The van der Waals surface area contributed by atoms with Gasteiger partial charge in [0.1, 0.15) is 18.2 Å². The Balaban J connectivity index is 2.15. The van der Waals surface area contributed by atoms with Crippen LogP contribution in [0.1, 0.15) is 27.0 Å². The van der Waals surface area contributed by atoms with E-state index in [0.29, 0.717) is 10.2 Å². The lowest BCUT2D eigenvalue weighted by atomic mass is 10.2. The number of carbonyl (C=O) groups is 1. The van der Waals surface area contributed by atoms with Crippen LogP contribution in [0.15, 0.2) is 28.7 Å². The van der Waals surface area contributed by atoms with Crippen molar-refractivity contribution in [3.8, 4) is 5.75 Å². The summed E-state index contributed by atoms with van der Waals surface area (Å²) in [5, 5.41) is 9.13. The zero-order chi connectivity index (χ0) is 14.7. The lowest BCUT2D eigenvalue weighted by molar-refractivity contribution is 0.0697. The number of benzene rings is 1. The fourth-order valence-corrected chi connectivity index (χ4v) is 2.95. The van der Waals surface area contributed by atoms with Crippen LogP contribution in [0.3, 0.4) is 0 Å². The predicted octanol–water partition coefficient (Wildman–Crippen LogP) is 4.49. The molecule has 1 aromatic heterocycles. The molecule has 0 bridgehead atoms. The second-order valence-electron chi connectivity index (χ2n) is 4.10. The van der Waals surface area contributed by atoms with E-state index in [9.17, 15) is 9.18 Å². The average molecular weight is 359 g/mol. The van der Waals surface area contributed by atoms with Crippen molar-refractivity contribution in [3.63, 3.8) is 0 Å². The minimum Gasteiger partial charge on any atom is -0.487 e. The first-order chi connectivity index (χ1) is 9.51. The van der Waals surface area contributed by atoms with Crippen LogP contribution in [0, 0.1) is 5.82 Å². The van der Waals surface area contributed by atoms with Crippen molar-refractivity contribution < 1.29 is 19.0 Å². The molecule has 1 heterocycles. The van der Waals surface area contributed by atoms with Crippen LogP contribution in [-0.4, -0.2) is 11.1 Å². The molecule has 0 radical (unpaired) electrons. The molecule has 0 spiro atoms. The minimum absolute atomic E-state index is 0.193. The molecule has 6 heteroatoms. The Morgan fingerprint density at radius 1 is 1.45 bits per heavy atom. The number of aromatic carboxylic acids is 1. The molecule has 106 valence electrons. The van der Waals surface area contributed by atoms with Crippen LogP contribution in [0.5, 0.6) is 5.75 Å². The monoisotopic (exact) mass is 358 g/mol. The number of hydrogen-bond donors (Lipinski definition) is 1. The Kier molecular flexibility index (Phi) is 4.77. The molecule has 0 saturated carbocycles. The summed E-state index contributed by atoms with van der Waals surface area (Å²) in [6.45, 7) is 2.15. The van der Waals surface area contributed by atoms with Crippen LogP contribution < -0.4 is 4.74 Å². The Bertz CT molecular complexity index is 639. The lowest BCUT2D eigenvalue weighted by Crippen LogP contribution is -2.00. The van der Waals surface area contributed by atoms with Crippen LogP contribution in [0.4, 0.5) is 4.39 Å². The highest BCUT2D eigenvalue weighted by Crippen LogP contribution is 2.30. The maximum absolute atomic E-state index is 13.1. The van der Waals surface area contributed by atoms with Crippen molar-refractivity contribution >= 4 is 33.2 Å². The number of aryl methyl sites for hydroxylation is 1. The van der Waals surface area contributed by atoms with Crippen LogP contribution in [0.2, 0.25) is 0 Å². The van der Waals surface area contributed by atoms with Gasteiger partial charge in [0.2, 0.25) is 0 Å². The van der Waals surface area contributed by atoms with E-state index in [2.05, 4.69) is 15.9 Å². The number of ether oxygens (including phenoxy) is 1. The van der Waals surface area contributed by atoms with Crippen molar-refractivity contribution in [2.75, 3.05) is 0 Å². The third-order valence-electron chi connectivity index (χ3n) is 2.67. The summed E-state index contributed by atoms with van der Waals surface area (Å²) >= 11 is 4.32. The zero-order valence-electron chi connectivity index (χ0n) is 10.7. The van der Waals surface area contributed by atoms with Crippen LogP contribution in [-0.2, 0) is 13.0 Å². The summed E-state index contributed by atoms with van der Waals surface area (Å²) in [5.41, 5.74) is 0.763. The standard InChI is InChI=1S/C14H12BrFO3S/c1-2-9-6-12(13(20-9)14(17)18)19-7-8-3-4-11(16)10(15)5-8/h3-6H,2,7H2,1H3,(H,17,18). The Labute approximate surface area is 128 Å². The van der Waals surface area contributed by atoms with Gasteiger partial charge in [-0.05, 0) is 46.1 Å². The third kappa shape index (κ3) is 3.37. The van der Waals surface area contributed by atoms with E-state index in [4.69, 9.17) is 9.84 Å². The van der Waals surface area contributed by atoms with Crippen molar-refractivity contribution in [2.24, 2.45) is 0 Å². The summed E-state index contributed by atoms with van der Waals surface area (Å²) in [7, 11) is 0. The largest absolute Gasteiger partial charge is 0.487 e. The first kappa shape index (κ1) is 15.0. The van der Waals surface area contributed by atoms with E-state index in [0.717, 1.165) is 16.9 Å². The molecule has 0 unspecified atom stereocenters. The maximum Gasteiger partial charge on any atom is 0.349 e. The van der Waals surface area contributed by atoms with Crippen molar-refractivity contribution in [2.45, 2.75) is 20.0 Å². The third-order valence-corrected chi connectivity index (χ3v) is 4.53. The highest BCUT2D eigenvalue weighted by Gasteiger charge is 2.16. The molecular weight excluding hydrogens is 347 g/mol. The summed E-state index contributed by atoms with van der Waals surface area (Å²) in [4.78, 5) is 12.3. The van der Waals surface area contributed by atoms with Crippen molar-refractivity contribution in [3.05, 3.63) is 49.9 Å². The Morgan fingerprint density at radius 3 is 2.80 bits per heavy atom. The topological polar surface area (TPSA) is 46.5 Å². The molecule has 1 N–H and O–H groups in total. The Hall–Kier alpha value is -1.40. The Morgan fingerprint density at radius 2 is 2.20 bits per heavy atom. The molecule has 20 heavy (non-hydrogen) atoms. The van der Waals surface area contributed by atoms with Gasteiger partial charge in [-0.3, -0.25) is 0 Å². The van der Waals surface area contributed by atoms with E-state index < -0.39 is 5.97 Å². The molecule has 2 aromatic rings. The normalized spacial score (nSPS) is 10.6. The lowest BCUT2D eigenvalue weighted by Gasteiger charge is -2.06. The van der Waals surface area contributed by atoms with Crippen molar-refractivity contribution in [1.82, 2.24) is 0 Å². The fraction of sp³-hybridized carbons (Fsp3) is 0.214. The minimum atomic E-state index is -0.995. The summed E-state index contributed by atoms with van der Waals surface area (Å²) in [6.07, 6.45) is 0.760. The van der Waals surface area contributed by atoms with E-state index in [1.807, 2.05) is 6.92 Å². The summed E-state index contributed by atoms with van der Waals surface area (Å²) in [6, 6.07) is 6.30. The molecule has 0 fully saturated rings. The van der Waals surface area contributed by atoms with E-state index in [1.54, 1.807) is 18.2 Å². The molecule has 0 aliphatic rings. The number of carboxylic acids is 1.